The van der Waals surface area contributed by atoms with E-state index in [2.05, 4.69) is 5.32 Å². The van der Waals surface area contributed by atoms with E-state index >= 15 is 0 Å². The molecule has 5 nitrogen and oxygen atoms in total. The lowest BCUT2D eigenvalue weighted by Gasteiger charge is -2.08. The molecule has 2 aliphatic rings. The number of esters is 1. The number of hydrogen-bond acceptors (Lipinski definition) is 4. The molecule has 2 fully saturated rings. The van der Waals surface area contributed by atoms with Crippen LogP contribution in [0, 0.1) is 11.8 Å². The Morgan fingerprint density at radius 1 is 1.56 bits per heavy atom. The molecule has 2 heterocycles. The summed E-state index contributed by atoms with van der Waals surface area (Å²) in [5.41, 5.74) is 0. The summed E-state index contributed by atoms with van der Waals surface area (Å²) < 4.78 is 10.5. The molecule has 1 aromatic rings. The van der Waals surface area contributed by atoms with Crippen molar-refractivity contribution in [3.8, 4) is 0 Å². The highest BCUT2D eigenvalue weighted by molar-refractivity contribution is 5.79. The fourth-order valence-electron chi connectivity index (χ4n) is 2.36. The van der Waals surface area contributed by atoms with Crippen LogP contribution >= 0.6 is 0 Å². The highest BCUT2D eigenvalue weighted by Gasteiger charge is 2.47. The summed E-state index contributed by atoms with van der Waals surface area (Å²) >= 11 is 0. The number of hydrogen-bond donors (Lipinski definition) is 1. The average Bonchev–Trinajstić information content (AvgIpc) is 2.79. The standard InChI is InChI=1S/C13H15NO4/c15-12-4-8(6-14-12)7-18-13(16)10-5-9(10)11-2-1-3-17-11/h1-3,8-10H,4-7H2,(H,14,15)/t8-,9-,10+/m0/s1. The van der Waals surface area contributed by atoms with E-state index in [4.69, 9.17) is 9.15 Å². The van der Waals surface area contributed by atoms with Gasteiger partial charge in [-0.25, -0.2) is 0 Å². The van der Waals surface area contributed by atoms with Crippen molar-refractivity contribution in [2.75, 3.05) is 13.2 Å². The minimum Gasteiger partial charge on any atom is -0.469 e. The molecule has 96 valence electrons. The monoisotopic (exact) mass is 249 g/mol. The third-order valence-electron chi connectivity index (χ3n) is 3.53. The molecule has 3 atom stereocenters. The first-order chi connectivity index (χ1) is 8.74. The zero-order chi connectivity index (χ0) is 12.5. The first kappa shape index (κ1) is 11.3. The van der Waals surface area contributed by atoms with Crippen LogP contribution in [0.15, 0.2) is 22.8 Å². The minimum atomic E-state index is -0.171. The molecule has 0 spiro atoms. The zero-order valence-electron chi connectivity index (χ0n) is 9.93. The number of nitrogens with one attached hydrogen (secondary N) is 1. The van der Waals surface area contributed by atoms with Crippen LogP contribution in [0.2, 0.25) is 0 Å². The second-order valence-electron chi connectivity index (χ2n) is 4.97. The van der Waals surface area contributed by atoms with Crippen molar-refractivity contribution in [2.24, 2.45) is 11.8 Å². The van der Waals surface area contributed by atoms with E-state index in [0.29, 0.717) is 19.6 Å². The molecule has 5 heteroatoms. The first-order valence-corrected chi connectivity index (χ1v) is 6.21. The maximum absolute atomic E-state index is 11.8. The maximum Gasteiger partial charge on any atom is 0.309 e. The number of ether oxygens (including phenoxy) is 1. The minimum absolute atomic E-state index is 0.0379. The summed E-state index contributed by atoms with van der Waals surface area (Å²) in [6, 6.07) is 3.71. The molecule has 1 aliphatic heterocycles. The molecular weight excluding hydrogens is 234 g/mol. The lowest BCUT2D eigenvalue weighted by molar-refractivity contribution is -0.146. The van der Waals surface area contributed by atoms with Crippen molar-refractivity contribution < 1.29 is 18.7 Å². The third-order valence-corrected chi connectivity index (χ3v) is 3.53. The second-order valence-corrected chi connectivity index (χ2v) is 4.97. The van der Waals surface area contributed by atoms with Gasteiger partial charge in [0, 0.05) is 24.8 Å². The van der Waals surface area contributed by atoms with Gasteiger partial charge in [-0.05, 0) is 18.6 Å². The average molecular weight is 249 g/mol. The van der Waals surface area contributed by atoms with Crippen LogP contribution in [0.4, 0.5) is 0 Å². The van der Waals surface area contributed by atoms with Crippen molar-refractivity contribution >= 4 is 11.9 Å². The van der Waals surface area contributed by atoms with Crippen molar-refractivity contribution in [1.29, 1.82) is 0 Å². The molecule has 1 saturated carbocycles. The largest absolute Gasteiger partial charge is 0.469 e. The van der Waals surface area contributed by atoms with E-state index in [1.165, 1.54) is 0 Å². The molecule has 1 amide bonds. The molecule has 1 saturated heterocycles. The normalized spacial score (nSPS) is 30.0. The summed E-state index contributed by atoms with van der Waals surface area (Å²) in [7, 11) is 0. The van der Waals surface area contributed by atoms with Gasteiger partial charge in [0.2, 0.25) is 5.91 Å². The Kier molecular flexibility index (Phi) is 2.81. The van der Waals surface area contributed by atoms with Gasteiger partial charge in [-0.1, -0.05) is 0 Å². The van der Waals surface area contributed by atoms with Crippen molar-refractivity contribution in [3.05, 3.63) is 24.2 Å². The van der Waals surface area contributed by atoms with Crippen LogP contribution in [0.3, 0.4) is 0 Å². The fourth-order valence-corrected chi connectivity index (χ4v) is 2.36. The van der Waals surface area contributed by atoms with Crippen LogP contribution in [-0.4, -0.2) is 25.0 Å². The van der Waals surface area contributed by atoms with Gasteiger partial charge < -0.3 is 14.5 Å². The van der Waals surface area contributed by atoms with Gasteiger partial charge in [0.05, 0.1) is 18.8 Å². The summed E-state index contributed by atoms with van der Waals surface area (Å²) in [6.45, 7) is 0.942. The molecule has 0 unspecified atom stereocenters. The van der Waals surface area contributed by atoms with E-state index in [9.17, 15) is 9.59 Å². The van der Waals surface area contributed by atoms with Gasteiger partial charge in [0.1, 0.15) is 5.76 Å². The van der Waals surface area contributed by atoms with E-state index in [-0.39, 0.29) is 29.6 Å². The molecule has 0 radical (unpaired) electrons. The molecule has 1 aromatic heterocycles. The molecule has 18 heavy (non-hydrogen) atoms. The first-order valence-electron chi connectivity index (χ1n) is 6.21. The highest BCUT2D eigenvalue weighted by atomic mass is 16.5. The maximum atomic E-state index is 11.8. The fraction of sp³-hybridized carbons (Fsp3) is 0.538. The second kappa shape index (κ2) is 4.48. The van der Waals surface area contributed by atoms with Crippen molar-refractivity contribution in [3.63, 3.8) is 0 Å². The number of amides is 1. The molecule has 1 N–H and O–H groups in total. The van der Waals surface area contributed by atoms with Gasteiger partial charge >= 0.3 is 5.97 Å². The van der Waals surface area contributed by atoms with Crippen LogP contribution in [0.5, 0.6) is 0 Å². The topological polar surface area (TPSA) is 68.5 Å². The predicted octanol–water partition coefficient (Wildman–Crippen LogP) is 1.06. The lowest BCUT2D eigenvalue weighted by Crippen LogP contribution is -2.18. The highest BCUT2D eigenvalue weighted by Crippen LogP contribution is 2.48. The third kappa shape index (κ3) is 2.25. The van der Waals surface area contributed by atoms with Gasteiger partial charge in [-0.2, -0.15) is 0 Å². The van der Waals surface area contributed by atoms with E-state index in [1.54, 1.807) is 6.26 Å². The van der Waals surface area contributed by atoms with Crippen LogP contribution in [0.1, 0.15) is 24.5 Å². The van der Waals surface area contributed by atoms with Crippen molar-refractivity contribution in [1.82, 2.24) is 5.32 Å². The molecule has 0 aromatic carbocycles. The predicted molar refractivity (Wildman–Crippen MR) is 61.6 cm³/mol. The molecule has 0 bridgehead atoms. The van der Waals surface area contributed by atoms with Crippen LogP contribution in [0.25, 0.3) is 0 Å². The Morgan fingerprint density at radius 2 is 2.44 bits per heavy atom. The zero-order valence-corrected chi connectivity index (χ0v) is 9.93. The SMILES string of the molecule is O=C1C[C@H](COC(=O)[C@@H]2C[C@@H]2c2ccco2)CN1. The Hall–Kier alpha value is -1.78. The van der Waals surface area contributed by atoms with E-state index < -0.39 is 0 Å². The summed E-state index contributed by atoms with van der Waals surface area (Å²) in [5.74, 6) is 0.959. The number of rotatable bonds is 4. The number of furan rings is 1. The molecule has 1 aliphatic carbocycles. The molecular formula is C13H15NO4. The lowest BCUT2D eigenvalue weighted by atomic mass is 10.1. The smallest absolute Gasteiger partial charge is 0.309 e. The van der Waals surface area contributed by atoms with E-state index in [1.807, 2.05) is 12.1 Å². The van der Waals surface area contributed by atoms with E-state index in [0.717, 1.165) is 12.2 Å². The molecule has 3 rings (SSSR count). The Morgan fingerprint density at radius 3 is 3.11 bits per heavy atom. The number of carbonyl (C=O) groups is 2. The van der Waals surface area contributed by atoms with Gasteiger partial charge in [-0.15, -0.1) is 0 Å². The summed E-state index contributed by atoms with van der Waals surface area (Å²) in [4.78, 5) is 22.8. The van der Waals surface area contributed by atoms with Gasteiger partial charge in [-0.3, -0.25) is 9.59 Å². The Labute approximate surface area is 104 Å². The summed E-state index contributed by atoms with van der Waals surface area (Å²) in [5, 5.41) is 2.72. The van der Waals surface area contributed by atoms with Gasteiger partial charge in [0.25, 0.3) is 0 Å². The van der Waals surface area contributed by atoms with Crippen LogP contribution in [-0.2, 0) is 14.3 Å². The summed E-state index contributed by atoms with van der Waals surface area (Å²) in [6.07, 6.45) is 2.87. The number of carbonyl (C=O) groups excluding carboxylic acids is 2. The van der Waals surface area contributed by atoms with Crippen molar-refractivity contribution in [2.45, 2.75) is 18.8 Å². The van der Waals surface area contributed by atoms with Crippen LogP contribution < -0.4 is 5.32 Å². The Balaban J connectivity index is 1.45. The quantitative estimate of drug-likeness (QED) is 0.810. The Bertz CT molecular complexity index is 454. The van der Waals surface area contributed by atoms with Gasteiger partial charge in [0.15, 0.2) is 0 Å².